The number of amides is 1. The minimum atomic E-state index is -2.71. The summed E-state index contributed by atoms with van der Waals surface area (Å²) in [5.41, 5.74) is -4.95. The van der Waals surface area contributed by atoms with Gasteiger partial charge in [-0.25, -0.2) is 9.59 Å². The monoisotopic (exact) mass is 814 g/mol. The Hall–Kier alpha value is -3.88. The molecule has 0 saturated carbocycles. The van der Waals surface area contributed by atoms with E-state index in [9.17, 15) is 29.4 Å². The van der Waals surface area contributed by atoms with E-state index in [4.69, 9.17) is 18.9 Å². The maximum absolute atomic E-state index is 14.4. The van der Waals surface area contributed by atoms with E-state index >= 15 is 0 Å². The number of allylic oxidation sites excluding steroid dienone is 1. The van der Waals surface area contributed by atoms with Gasteiger partial charge in [-0.05, 0) is 113 Å². The molecule has 0 aliphatic carbocycles. The maximum atomic E-state index is 14.4. The predicted molar refractivity (Wildman–Crippen MR) is 228 cm³/mol. The molecular formula is C47H75NO10. The summed E-state index contributed by atoms with van der Waals surface area (Å²) < 4.78 is 22.4. The van der Waals surface area contributed by atoms with Gasteiger partial charge in [0.15, 0.2) is 5.60 Å². The Morgan fingerprint density at radius 1 is 0.776 bits per heavy atom. The van der Waals surface area contributed by atoms with Crippen LogP contribution in [0.25, 0.3) is 0 Å². The van der Waals surface area contributed by atoms with Gasteiger partial charge in [0.25, 0.3) is 0 Å². The van der Waals surface area contributed by atoms with Crippen molar-refractivity contribution in [2.45, 2.75) is 201 Å². The number of benzene rings is 1. The summed E-state index contributed by atoms with van der Waals surface area (Å²) in [7, 11) is 0. The minimum Gasteiger partial charge on any atom is -0.481 e. The van der Waals surface area contributed by atoms with Crippen LogP contribution in [0.2, 0.25) is 0 Å². The van der Waals surface area contributed by atoms with Gasteiger partial charge in [0.2, 0.25) is 5.91 Å². The van der Waals surface area contributed by atoms with Gasteiger partial charge in [0.05, 0.1) is 18.4 Å². The first-order chi connectivity index (χ1) is 27.0. The second kappa shape index (κ2) is 25.6. The Morgan fingerprint density at radius 3 is 1.86 bits per heavy atom. The molecule has 1 unspecified atom stereocenters. The fourth-order valence-electron chi connectivity index (χ4n) is 6.07. The molecule has 0 aliphatic heterocycles. The zero-order chi connectivity index (χ0) is 44.0. The number of hydrogen-bond acceptors (Lipinski definition) is 10. The fourth-order valence-corrected chi connectivity index (χ4v) is 6.07. The van der Waals surface area contributed by atoms with E-state index in [-0.39, 0.29) is 19.1 Å². The van der Waals surface area contributed by atoms with Crippen molar-refractivity contribution >= 4 is 23.8 Å². The van der Waals surface area contributed by atoms with Gasteiger partial charge in [-0.1, -0.05) is 88.5 Å². The number of aliphatic hydroxyl groups is 2. The van der Waals surface area contributed by atoms with Gasteiger partial charge < -0.3 is 34.5 Å². The van der Waals surface area contributed by atoms with E-state index in [2.05, 4.69) is 24.1 Å². The van der Waals surface area contributed by atoms with Crippen LogP contribution < -0.4 is 10.1 Å². The summed E-state index contributed by atoms with van der Waals surface area (Å²) in [4.78, 5) is 55.3. The van der Waals surface area contributed by atoms with E-state index in [1.165, 1.54) is 25.3 Å². The SMILES string of the molecule is CC#CCOc1ccc(C[C@H](NC(=O)[C@@H](C=CCCCCCCC(O)CCCCCCC)[C@@](O)(CC(=O)OC(C)(C)C)C(=O)OC(C)(C)C)C(=O)OC(C)(C)C)cc1. The Kier molecular flexibility index (Phi) is 23.0. The molecule has 1 rings (SSSR count). The van der Waals surface area contributed by atoms with Crippen LogP contribution in [0.1, 0.15) is 165 Å². The quantitative estimate of drug-likeness (QED) is 0.0288. The van der Waals surface area contributed by atoms with Crippen molar-refractivity contribution in [1.82, 2.24) is 5.32 Å². The lowest BCUT2D eigenvalue weighted by molar-refractivity contribution is -0.190. The zero-order valence-corrected chi connectivity index (χ0v) is 37.5. The Bertz CT molecular complexity index is 1490. The summed E-state index contributed by atoms with van der Waals surface area (Å²) in [6, 6.07) is 5.73. The first kappa shape index (κ1) is 52.1. The fraction of sp³-hybridized carbons (Fsp3) is 0.702. The largest absolute Gasteiger partial charge is 0.481 e. The molecule has 0 aromatic heterocycles. The summed E-state index contributed by atoms with van der Waals surface area (Å²) in [5.74, 6) is 0.809. The molecule has 1 amide bonds. The summed E-state index contributed by atoms with van der Waals surface area (Å²) in [5, 5.41) is 25.4. The first-order valence-corrected chi connectivity index (χ1v) is 21.2. The standard InChI is InChI=1S/C47H75NO10/c1-12-14-16-19-22-25-36(49)26-23-20-17-18-21-24-27-38(47(54,43(53)58-46(9,10)11)34-40(50)56-44(3,4)5)41(51)48-39(42(52)57-45(6,7)8)33-35-28-30-37(31-29-35)55-32-15-13-2/h24,27-31,36,38-39,49,54H,12,14,16-23,25-26,32-34H2,1-11H3,(H,48,51)/t36?,38-,39+,47+/m1/s1. The molecule has 58 heavy (non-hydrogen) atoms. The van der Waals surface area contributed by atoms with Crippen molar-refractivity contribution in [3.63, 3.8) is 0 Å². The average Bonchev–Trinajstić information content (AvgIpc) is 3.09. The molecule has 1 aromatic rings. The van der Waals surface area contributed by atoms with Crippen LogP contribution in [0.4, 0.5) is 0 Å². The van der Waals surface area contributed by atoms with Crippen LogP contribution in [-0.2, 0) is 39.8 Å². The molecule has 0 aliphatic rings. The lowest BCUT2D eigenvalue weighted by atomic mass is 9.82. The number of hydrogen-bond donors (Lipinski definition) is 3. The van der Waals surface area contributed by atoms with Crippen molar-refractivity contribution in [2.24, 2.45) is 5.92 Å². The van der Waals surface area contributed by atoms with Crippen molar-refractivity contribution in [3.05, 3.63) is 42.0 Å². The molecule has 1 aromatic carbocycles. The highest BCUT2D eigenvalue weighted by Gasteiger charge is 2.52. The summed E-state index contributed by atoms with van der Waals surface area (Å²) in [6.07, 6.45) is 13.3. The van der Waals surface area contributed by atoms with Gasteiger partial charge in [-0.15, -0.1) is 5.92 Å². The first-order valence-electron chi connectivity index (χ1n) is 21.2. The smallest absolute Gasteiger partial charge is 0.340 e. The molecule has 0 spiro atoms. The van der Waals surface area contributed by atoms with Crippen molar-refractivity contribution in [2.75, 3.05) is 6.61 Å². The van der Waals surface area contributed by atoms with E-state index in [0.717, 1.165) is 51.4 Å². The number of carbonyl (C=O) groups is 4. The van der Waals surface area contributed by atoms with Gasteiger partial charge in [0, 0.05) is 6.42 Å². The van der Waals surface area contributed by atoms with Gasteiger partial charge >= 0.3 is 17.9 Å². The Labute approximate surface area is 349 Å². The average molecular weight is 814 g/mol. The lowest BCUT2D eigenvalue weighted by Crippen LogP contribution is -2.57. The van der Waals surface area contributed by atoms with E-state index in [1.807, 2.05) is 0 Å². The van der Waals surface area contributed by atoms with Crippen LogP contribution in [0.5, 0.6) is 5.75 Å². The molecule has 4 atom stereocenters. The second-order valence-electron chi connectivity index (χ2n) is 18.1. The third-order valence-electron chi connectivity index (χ3n) is 8.87. The van der Waals surface area contributed by atoms with Crippen molar-refractivity contribution in [1.29, 1.82) is 0 Å². The number of unbranched alkanes of at least 4 members (excludes halogenated alkanes) is 8. The number of esters is 3. The summed E-state index contributed by atoms with van der Waals surface area (Å²) >= 11 is 0. The van der Waals surface area contributed by atoms with E-state index < -0.39 is 64.6 Å². The third-order valence-corrected chi connectivity index (χ3v) is 8.87. The van der Waals surface area contributed by atoms with Crippen LogP contribution >= 0.6 is 0 Å². The molecule has 11 heteroatoms. The van der Waals surface area contributed by atoms with Crippen LogP contribution in [0.15, 0.2) is 36.4 Å². The maximum Gasteiger partial charge on any atom is 0.340 e. The molecule has 3 N–H and O–H groups in total. The van der Waals surface area contributed by atoms with Gasteiger partial charge in [0.1, 0.15) is 35.2 Å². The molecule has 11 nitrogen and oxygen atoms in total. The number of nitrogens with one attached hydrogen (secondary N) is 1. The molecule has 0 bridgehead atoms. The number of aliphatic hydroxyl groups excluding tert-OH is 1. The minimum absolute atomic E-state index is 0.0105. The van der Waals surface area contributed by atoms with Gasteiger partial charge in [-0.2, -0.15) is 0 Å². The third kappa shape index (κ3) is 22.9. The van der Waals surface area contributed by atoms with Crippen molar-refractivity contribution in [3.8, 4) is 17.6 Å². The highest BCUT2D eigenvalue weighted by atomic mass is 16.6. The molecule has 0 fully saturated rings. The highest BCUT2D eigenvalue weighted by molar-refractivity contribution is 5.96. The normalized spacial score (nSPS) is 14.6. The summed E-state index contributed by atoms with van der Waals surface area (Å²) in [6.45, 7) is 19.0. The number of ether oxygens (including phenoxy) is 4. The van der Waals surface area contributed by atoms with Crippen LogP contribution in [0.3, 0.4) is 0 Å². The van der Waals surface area contributed by atoms with E-state index in [1.54, 1.807) is 99.6 Å². The Balaban J connectivity index is 3.41. The van der Waals surface area contributed by atoms with Crippen molar-refractivity contribution < 1.29 is 48.3 Å². The number of carbonyl (C=O) groups excluding carboxylic acids is 4. The Morgan fingerprint density at radius 2 is 1.33 bits per heavy atom. The van der Waals surface area contributed by atoms with Crippen LogP contribution in [0, 0.1) is 17.8 Å². The predicted octanol–water partition coefficient (Wildman–Crippen LogP) is 8.50. The number of rotatable bonds is 25. The molecular weight excluding hydrogens is 739 g/mol. The lowest BCUT2D eigenvalue weighted by Gasteiger charge is -2.35. The highest BCUT2D eigenvalue weighted by Crippen LogP contribution is 2.30. The van der Waals surface area contributed by atoms with Gasteiger partial charge in [-0.3, -0.25) is 9.59 Å². The molecule has 0 heterocycles. The second-order valence-corrected chi connectivity index (χ2v) is 18.1. The molecule has 0 radical (unpaired) electrons. The topological polar surface area (TPSA) is 158 Å². The zero-order valence-electron chi connectivity index (χ0n) is 37.5. The van der Waals surface area contributed by atoms with E-state index in [0.29, 0.717) is 17.7 Å². The molecule has 0 saturated heterocycles. The van der Waals surface area contributed by atoms with Crippen LogP contribution in [-0.4, -0.2) is 75.2 Å². The molecule has 328 valence electrons.